The van der Waals surface area contributed by atoms with Crippen LogP contribution in [0.2, 0.25) is 0 Å². The van der Waals surface area contributed by atoms with Crippen LogP contribution < -0.4 is 5.32 Å². The summed E-state index contributed by atoms with van der Waals surface area (Å²) < 4.78 is 4.05. The van der Waals surface area contributed by atoms with Crippen LogP contribution in [0.3, 0.4) is 0 Å². The molecule has 0 amide bonds. The molecular formula is C12H22N4S. The van der Waals surface area contributed by atoms with Crippen LogP contribution >= 0.6 is 11.5 Å². The number of hydrogen-bond donors (Lipinski definition) is 1. The molecule has 0 bridgehead atoms. The van der Waals surface area contributed by atoms with Crippen LogP contribution in [0, 0.1) is 5.92 Å². The SMILES string of the molecule is CCCNc1snnc1CN(C)C(C)C1CC1. The zero-order valence-electron chi connectivity index (χ0n) is 10.9. The summed E-state index contributed by atoms with van der Waals surface area (Å²) in [7, 11) is 2.19. The quantitative estimate of drug-likeness (QED) is 0.812. The average Bonchev–Trinajstić information content (AvgIpc) is 3.08. The molecule has 0 saturated heterocycles. The van der Waals surface area contributed by atoms with E-state index in [4.69, 9.17) is 0 Å². The van der Waals surface area contributed by atoms with E-state index < -0.39 is 0 Å². The van der Waals surface area contributed by atoms with Gasteiger partial charge in [-0.1, -0.05) is 11.4 Å². The smallest absolute Gasteiger partial charge is 0.134 e. The Morgan fingerprint density at radius 2 is 2.29 bits per heavy atom. The fraction of sp³-hybridized carbons (Fsp3) is 0.833. The van der Waals surface area contributed by atoms with Crippen molar-refractivity contribution in [1.29, 1.82) is 0 Å². The molecule has 1 N–H and O–H groups in total. The van der Waals surface area contributed by atoms with Crippen molar-refractivity contribution in [3.63, 3.8) is 0 Å². The standard InChI is InChI=1S/C12H22N4S/c1-4-7-13-12-11(14-15-17-12)8-16(3)9(2)10-5-6-10/h9-10,13H,4-8H2,1-3H3. The van der Waals surface area contributed by atoms with Gasteiger partial charge < -0.3 is 5.32 Å². The minimum Gasteiger partial charge on any atom is -0.374 e. The highest BCUT2D eigenvalue weighted by Gasteiger charge is 2.30. The summed E-state index contributed by atoms with van der Waals surface area (Å²) in [5, 5.41) is 8.77. The first-order chi connectivity index (χ1) is 8.22. The van der Waals surface area contributed by atoms with Crippen molar-refractivity contribution in [2.45, 2.75) is 45.7 Å². The monoisotopic (exact) mass is 254 g/mol. The second-order valence-corrected chi connectivity index (χ2v) is 5.72. The van der Waals surface area contributed by atoms with E-state index in [2.05, 4.69) is 40.7 Å². The molecule has 1 fully saturated rings. The Hall–Kier alpha value is -0.680. The van der Waals surface area contributed by atoms with E-state index in [0.29, 0.717) is 6.04 Å². The van der Waals surface area contributed by atoms with Crippen molar-refractivity contribution in [2.24, 2.45) is 5.92 Å². The first-order valence-corrected chi connectivity index (χ1v) is 7.25. The van der Waals surface area contributed by atoms with Crippen LogP contribution in [0.25, 0.3) is 0 Å². The predicted molar refractivity (Wildman–Crippen MR) is 72.3 cm³/mol. The summed E-state index contributed by atoms with van der Waals surface area (Å²) in [6.45, 7) is 6.39. The molecule has 1 unspecified atom stereocenters. The molecular weight excluding hydrogens is 232 g/mol. The van der Waals surface area contributed by atoms with Crippen molar-refractivity contribution < 1.29 is 0 Å². The molecule has 17 heavy (non-hydrogen) atoms. The molecule has 1 atom stereocenters. The average molecular weight is 254 g/mol. The number of nitrogens with one attached hydrogen (secondary N) is 1. The molecule has 96 valence electrons. The topological polar surface area (TPSA) is 41.1 Å². The normalized spacial score (nSPS) is 17.4. The largest absolute Gasteiger partial charge is 0.374 e. The van der Waals surface area contributed by atoms with Crippen molar-refractivity contribution in [3.05, 3.63) is 5.69 Å². The third-order valence-corrected chi connectivity index (χ3v) is 4.22. The van der Waals surface area contributed by atoms with Gasteiger partial charge in [-0.2, -0.15) is 0 Å². The van der Waals surface area contributed by atoms with Crippen molar-refractivity contribution in [2.75, 3.05) is 18.9 Å². The van der Waals surface area contributed by atoms with Crippen molar-refractivity contribution in [3.8, 4) is 0 Å². The van der Waals surface area contributed by atoms with E-state index in [1.807, 2.05) is 0 Å². The van der Waals surface area contributed by atoms with Crippen LogP contribution in [0.1, 0.15) is 38.8 Å². The molecule has 0 aliphatic heterocycles. The fourth-order valence-corrected chi connectivity index (χ4v) is 2.60. The summed E-state index contributed by atoms with van der Waals surface area (Å²) in [6.07, 6.45) is 3.91. The third-order valence-electron chi connectivity index (χ3n) is 3.49. The lowest BCUT2D eigenvalue weighted by Crippen LogP contribution is -2.30. The van der Waals surface area contributed by atoms with Crippen molar-refractivity contribution >= 4 is 16.5 Å². The van der Waals surface area contributed by atoms with Gasteiger partial charge in [0.1, 0.15) is 10.7 Å². The van der Waals surface area contributed by atoms with Crippen LogP contribution in [-0.2, 0) is 6.54 Å². The lowest BCUT2D eigenvalue weighted by molar-refractivity contribution is 0.224. The number of aromatic nitrogens is 2. The van der Waals surface area contributed by atoms with Gasteiger partial charge >= 0.3 is 0 Å². The highest BCUT2D eigenvalue weighted by molar-refractivity contribution is 7.10. The lowest BCUT2D eigenvalue weighted by atomic mass is 10.2. The Balaban J connectivity index is 1.90. The molecule has 0 radical (unpaired) electrons. The van der Waals surface area contributed by atoms with E-state index in [1.165, 1.54) is 24.4 Å². The maximum Gasteiger partial charge on any atom is 0.134 e. The van der Waals surface area contributed by atoms with Crippen LogP contribution in [0.5, 0.6) is 0 Å². The molecule has 1 heterocycles. The molecule has 4 nitrogen and oxygen atoms in total. The van der Waals surface area contributed by atoms with Gasteiger partial charge in [0.15, 0.2) is 0 Å². The van der Waals surface area contributed by atoms with Gasteiger partial charge in [-0.05, 0) is 39.2 Å². The second kappa shape index (κ2) is 5.78. The van der Waals surface area contributed by atoms with E-state index in [9.17, 15) is 0 Å². The Bertz CT molecular complexity index is 348. The third kappa shape index (κ3) is 3.39. The number of nitrogens with zero attached hydrogens (tertiary/aromatic N) is 3. The van der Waals surface area contributed by atoms with E-state index in [1.54, 1.807) is 0 Å². The van der Waals surface area contributed by atoms with E-state index >= 15 is 0 Å². The summed E-state index contributed by atoms with van der Waals surface area (Å²) in [5.41, 5.74) is 1.10. The van der Waals surface area contributed by atoms with Gasteiger partial charge in [-0.25, -0.2) is 0 Å². The second-order valence-electron chi connectivity index (χ2n) is 4.97. The van der Waals surface area contributed by atoms with Gasteiger partial charge in [0.05, 0.1) is 0 Å². The molecule has 5 heteroatoms. The zero-order valence-corrected chi connectivity index (χ0v) is 11.8. The van der Waals surface area contributed by atoms with E-state index in [0.717, 1.165) is 36.1 Å². The Kier molecular flexibility index (Phi) is 4.34. The fourth-order valence-electron chi connectivity index (χ4n) is 2.00. The molecule has 0 spiro atoms. The summed E-state index contributed by atoms with van der Waals surface area (Å²) in [5.74, 6) is 0.902. The molecule has 1 saturated carbocycles. The van der Waals surface area contributed by atoms with Crippen molar-refractivity contribution in [1.82, 2.24) is 14.5 Å². The highest BCUT2D eigenvalue weighted by Crippen LogP contribution is 2.35. The summed E-state index contributed by atoms with van der Waals surface area (Å²) in [4.78, 5) is 2.39. The maximum atomic E-state index is 4.24. The van der Waals surface area contributed by atoms with Gasteiger partial charge in [0, 0.05) is 30.7 Å². The summed E-state index contributed by atoms with van der Waals surface area (Å²) in [6, 6.07) is 0.663. The lowest BCUT2D eigenvalue weighted by Gasteiger charge is -2.23. The Morgan fingerprint density at radius 1 is 1.53 bits per heavy atom. The van der Waals surface area contributed by atoms with Crippen LogP contribution in [0.15, 0.2) is 0 Å². The van der Waals surface area contributed by atoms with Crippen LogP contribution in [-0.4, -0.2) is 34.1 Å². The number of hydrogen-bond acceptors (Lipinski definition) is 5. The Labute approximate surface area is 108 Å². The maximum absolute atomic E-state index is 4.24. The van der Waals surface area contributed by atoms with E-state index in [-0.39, 0.29) is 0 Å². The molecule has 1 aromatic heterocycles. The van der Waals surface area contributed by atoms with Gasteiger partial charge in [0.25, 0.3) is 0 Å². The van der Waals surface area contributed by atoms with Gasteiger partial charge in [-0.15, -0.1) is 5.10 Å². The highest BCUT2D eigenvalue weighted by atomic mass is 32.1. The Morgan fingerprint density at radius 3 is 2.94 bits per heavy atom. The summed E-state index contributed by atoms with van der Waals surface area (Å²) >= 11 is 1.47. The number of anilines is 1. The molecule has 2 rings (SSSR count). The number of rotatable bonds is 7. The first-order valence-electron chi connectivity index (χ1n) is 6.47. The van der Waals surface area contributed by atoms with Crippen LogP contribution in [0.4, 0.5) is 5.00 Å². The minimum atomic E-state index is 0.663. The molecule has 1 aromatic rings. The molecule has 1 aliphatic carbocycles. The minimum absolute atomic E-state index is 0.663. The van der Waals surface area contributed by atoms with Gasteiger partial charge in [0.2, 0.25) is 0 Å². The molecule has 0 aromatic carbocycles. The first kappa shape index (κ1) is 12.8. The molecule has 1 aliphatic rings. The predicted octanol–water partition coefficient (Wildman–Crippen LogP) is 2.59. The van der Waals surface area contributed by atoms with Gasteiger partial charge in [-0.3, -0.25) is 4.90 Å². The zero-order chi connectivity index (χ0) is 12.3.